The Labute approximate surface area is 143 Å². The van der Waals surface area contributed by atoms with Crippen molar-refractivity contribution in [1.29, 1.82) is 0 Å². The first-order chi connectivity index (χ1) is 9.11. The minimum Gasteiger partial charge on any atom is -0.355 e. The molecule has 21 heavy (non-hydrogen) atoms. The first-order valence-electron chi connectivity index (χ1n) is 7.02. The molecule has 3 N–H and O–H groups in total. The Balaban J connectivity index is 0.00000200. The van der Waals surface area contributed by atoms with Gasteiger partial charge >= 0.3 is 0 Å². The van der Waals surface area contributed by atoms with Crippen molar-refractivity contribution in [2.45, 2.75) is 39.5 Å². The molecule has 1 amide bonds. The van der Waals surface area contributed by atoms with Crippen molar-refractivity contribution in [3.8, 4) is 0 Å². The lowest BCUT2D eigenvalue weighted by Crippen LogP contribution is -2.36. The van der Waals surface area contributed by atoms with Crippen molar-refractivity contribution in [3.05, 3.63) is 15.6 Å². The van der Waals surface area contributed by atoms with Crippen molar-refractivity contribution >= 4 is 42.1 Å². The van der Waals surface area contributed by atoms with Gasteiger partial charge in [0.15, 0.2) is 0 Å². The molecule has 0 aromatic carbocycles. The van der Waals surface area contributed by atoms with Gasteiger partial charge in [-0.25, -0.2) is 4.98 Å². The monoisotopic (exact) mass is 353 g/mol. The van der Waals surface area contributed by atoms with E-state index < -0.39 is 0 Å². The highest BCUT2D eigenvalue weighted by Gasteiger charge is 2.31. The summed E-state index contributed by atoms with van der Waals surface area (Å²) in [6.45, 7) is 5.42. The highest BCUT2D eigenvalue weighted by molar-refractivity contribution is 7.11. The van der Waals surface area contributed by atoms with Crippen molar-refractivity contribution in [3.63, 3.8) is 0 Å². The molecule has 1 aliphatic carbocycles. The second-order valence-corrected chi connectivity index (χ2v) is 6.61. The standard InChI is InChI=1S/C14H23N3OS.2ClH/c1-9-10(2)19-13(17-9)6-7-16-14(18)12-5-3-4-11(12)8-15;;/h11-12H,3-8,15H2,1-2H3,(H,16,18);2*1H/t11-,12-;;/m1../s1. The van der Waals surface area contributed by atoms with Crippen LogP contribution in [-0.4, -0.2) is 24.0 Å². The summed E-state index contributed by atoms with van der Waals surface area (Å²) in [6.07, 6.45) is 4.04. The first-order valence-corrected chi connectivity index (χ1v) is 7.84. The van der Waals surface area contributed by atoms with E-state index in [0.717, 1.165) is 36.4 Å². The Hall–Kier alpha value is -0.360. The summed E-state index contributed by atoms with van der Waals surface area (Å²) in [5.41, 5.74) is 6.81. The van der Waals surface area contributed by atoms with Crippen LogP contribution in [0.15, 0.2) is 0 Å². The zero-order valence-corrected chi connectivity index (χ0v) is 15.0. The van der Waals surface area contributed by atoms with E-state index in [-0.39, 0.29) is 36.6 Å². The fraction of sp³-hybridized carbons (Fsp3) is 0.714. The third-order valence-corrected chi connectivity index (χ3v) is 5.14. The van der Waals surface area contributed by atoms with Gasteiger partial charge in [-0.2, -0.15) is 0 Å². The van der Waals surface area contributed by atoms with Crippen molar-refractivity contribution in [2.75, 3.05) is 13.1 Å². The number of carbonyl (C=O) groups excluding carboxylic acids is 1. The highest BCUT2D eigenvalue weighted by atomic mass is 35.5. The number of hydrogen-bond donors (Lipinski definition) is 2. The van der Waals surface area contributed by atoms with Crippen LogP contribution in [0.2, 0.25) is 0 Å². The largest absolute Gasteiger partial charge is 0.355 e. The third-order valence-electron chi connectivity index (χ3n) is 4.01. The topological polar surface area (TPSA) is 68.0 Å². The summed E-state index contributed by atoms with van der Waals surface area (Å²) < 4.78 is 0. The number of aromatic nitrogens is 1. The van der Waals surface area contributed by atoms with Crippen molar-refractivity contribution < 1.29 is 4.79 Å². The number of thiazole rings is 1. The molecule has 0 radical (unpaired) electrons. The molecule has 0 saturated heterocycles. The predicted octanol–water partition coefficient (Wildman–Crippen LogP) is 2.64. The third kappa shape index (κ3) is 5.40. The number of amides is 1. The lowest BCUT2D eigenvalue weighted by molar-refractivity contribution is -0.125. The fourth-order valence-electron chi connectivity index (χ4n) is 2.73. The summed E-state index contributed by atoms with van der Waals surface area (Å²) in [4.78, 5) is 17.8. The number of halogens is 2. The second-order valence-electron chi connectivity index (χ2n) is 5.32. The van der Waals surface area contributed by atoms with Crippen LogP contribution in [-0.2, 0) is 11.2 Å². The molecule has 1 aromatic heterocycles. The summed E-state index contributed by atoms with van der Waals surface area (Å²) in [7, 11) is 0. The molecule has 1 saturated carbocycles. The average molecular weight is 354 g/mol. The highest BCUT2D eigenvalue weighted by Crippen LogP contribution is 2.30. The first kappa shape index (κ1) is 20.6. The molecule has 0 aliphatic heterocycles. The molecule has 7 heteroatoms. The van der Waals surface area contributed by atoms with Crippen LogP contribution >= 0.6 is 36.2 Å². The molecule has 1 fully saturated rings. The number of nitrogens with one attached hydrogen (secondary N) is 1. The maximum atomic E-state index is 12.1. The molecule has 4 nitrogen and oxygen atoms in total. The van der Waals surface area contributed by atoms with Gasteiger partial charge in [-0.3, -0.25) is 4.79 Å². The van der Waals surface area contributed by atoms with Crippen LogP contribution in [0.1, 0.15) is 34.8 Å². The lowest BCUT2D eigenvalue weighted by atomic mass is 9.95. The number of nitrogens with zero attached hydrogens (tertiary/aromatic N) is 1. The SMILES string of the molecule is Cc1nc(CCNC(=O)[C@@H]2CCC[C@@H]2CN)sc1C.Cl.Cl. The molecule has 1 heterocycles. The Morgan fingerprint density at radius 1 is 1.38 bits per heavy atom. The van der Waals surface area contributed by atoms with Crippen LogP contribution in [0, 0.1) is 25.7 Å². The van der Waals surface area contributed by atoms with E-state index in [1.807, 2.05) is 6.92 Å². The Morgan fingerprint density at radius 3 is 2.67 bits per heavy atom. The van der Waals surface area contributed by atoms with Crippen LogP contribution < -0.4 is 11.1 Å². The van der Waals surface area contributed by atoms with E-state index in [1.165, 1.54) is 4.88 Å². The minimum atomic E-state index is 0. The lowest BCUT2D eigenvalue weighted by Gasteiger charge is -2.17. The molecule has 0 bridgehead atoms. The number of hydrogen-bond acceptors (Lipinski definition) is 4. The van der Waals surface area contributed by atoms with E-state index in [0.29, 0.717) is 19.0 Å². The molecule has 2 atom stereocenters. The number of nitrogens with two attached hydrogens (primary N) is 1. The Kier molecular flexibility index (Phi) is 9.45. The number of carbonyl (C=O) groups is 1. The van der Waals surface area contributed by atoms with E-state index in [4.69, 9.17) is 5.73 Å². The van der Waals surface area contributed by atoms with Gasteiger partial charge in [0.1, 0.15) is 0 Å². The predicted molar refractivity (Wildman–Crippen MR) is 92.7 cm³/mol. The van der Waals surface area contributed by atoms with E-state index >= 15 is 0 Å². The zero-order valence-electron chi connectivity index (χ0n) is 12.6. The van der Waals surface area contributed by atoms with Gasteiger partial charge in [-0.1, -0.05) is 6.42 Å². The summed E-state index contributed by atoms with van der Waals surface area (Å²) in [6, 6.07) is 0. The van der Waals surface area contributed by atoms with Gasteiger partial charge < -0.3 is 11.1 Å². The van der Waals surface area contributed by atoms with Gasteiger partial charge in [0.25, 0.3) is 0 Å². The van der Waals surface area contributed by atoms with Gasteiger partial charge in [-0.15, -0.1) is 36.2 Å². The van der Waals surface area contributed by atoms with E-state index in [9.17, 15) is 4.79 Å². The Morgan fingerprint density at radius 2 is 2.10 bits per heavy atom. The molecule has 1 aromatic rings. The zero-order chi connectivity index (χ0) is 13.8. The summed E-state index contributed by atoms with van der Waals surface area (Å²) >= 11 is 1.72. The van der Waals surface area contributed by atoms with E-state index in [2.05, 4.69) is 17.2 Å². The van der Waals surface area contributed by atoms with Gasteiger partial charge in [0, 0.05) is 23.8 Å². The van der Waals surface area contributed by atoms with Crippen LogP contribution in [0.4, 0.5) is 0 Å². The quantitative estimate of drug-likeness (QED) is 0.854. The van der Waals surface area contributed by atoms with Gasteiger partial charge in [0.05, 0.1) is 10.7 Å². The summed E-state index contributed by atoms with van der Waals surface area (Å²) in [5.74, 6) is 0.687. The molecule has 2 rings (SSSR count). The molecule has 122 valence electrons. The van der Waals surface area contributed by atoms with Crippen molar-refractivity contribution in [1.82, 2.24) is 10.3 Å². The smallest absolute Gasteiger partial charge is 0.223 e. The van der Waals surface area contributed by atoms with Crippen LogP contribution in [0.25, 0.3) is 0 Å². The molecular formula is C14H25Cl2N3OS. The van der Waals surface area contributed by atoms with Crippen molar-refractivity contribution in [2.24, 2.45) is 17.6 Å². The average Bonchev–Trinajstić information content (AvgIpc) is 2.97. The van der Waals surface area contributed by atoms with Gasteiger partial charge in [-0.05, 0) is 39.2 Å². The van der Waals surface area contributed by atoms with Crippen LogP contribution in [0.3, 0.4) is 0 Å². The second kappa shape index (κ2) is 9.62. The maximum absolute atomic E-state index is 12.1. The molecule has 0 unspecified atom stereocenters. The normalized spacial score (nSPS) is 20.5. The van der Waals surface area contributed by atoms with Gasteiger partial charge in [0.2, 0.25) is 5.91 Å². The number of aryl methyl sites for hydroxylation is 2. The molecular weight excluding hydrogens is 329 g/mol. The molecule has 0 spiro atoms. The Bertz CT molecular complexity index is 434. The molecule has 1 aliphatic rings. The number of rotatable bonds is 5. The minimum absolute atomic E-state index is 0. The maximum Gasteiger partial charge on any atom is 0.223 e. The summed E-state index contributed by atoms with van der Waals surface area (Å²) in [5, 5.41) is 4.15. The fourth-order valence-corrected chi connectivity index (χ4v) is 3.67. The van der Waals surface area contributed by atoms with Crippen LogP contribution in [0.5, 0.6) is 0 Å². The van der Waals surface area contributed by atoms with E-state index in [1.54, 1.807) is 11.3 Å².